The van der Waals surface area contributed by atoms with Crippen molar-refractivity contribution in [3.8, 4) is 5.75 Å². The molecule has 0 bridgehead atoms. The molecule has 1 rings (SSSR count). The highest BCUT2D eigenvalue weighted by atomic mass is 16.5. The largest absolute Gasteiger partial charge is 0.497 e. The third-order valence-electron chi connectivity index (χ3n) is 3.55. The SMILES string of the molecule is COc1ccc([C@@H](C)NCC(CN)C(C)C)cc1. The molecule has 0 saturated carbocycles. The van der Waals surface area contributed by atoms with Gasteiger partial charge in [-0.15, -0.1) is 0 Å². The molecule has 102 valence electrons. The van der Waals surface area contributed by atoms with Crippen molar-refractivity contribution in [2.75, 3.05) is 20.2 Å². The minimum atomic E-state index is 0.337. The Morgan fingerprint density at radius 2 is 1.78 bits per heavy atom. The van der Waals surface area contributed by atoms with Crippen LogP contribution < -0.4 is 15.8 Å². The summed E-state index contributed by atoms with van der Waals surface area (Å²) < 4.78 is 5.16. The summed E-state index contributed by atoms with van der Waals surface area (Å²) in [7, 11) is 1.69. The first-order valence-corrected chi connectivity index (χ1v) is 6.65. The summed E-state index contributed by atoms with van der Waals surface area (Å²) in [6.07, 6.45) is 0. The van der Waals surface area contributed by atoms with Crippen LogP contribution in [-0.4, -0.2) is 20.2 Å². The number of nitrogens with one attached hydrogen (secondary N) is 1. The number of nitrogens with two attached hydrogens (primary N) is 1. The molecule has 3 heteroatoms. The summed E-state index contributed by atoms with van der Waals surface area (Å²) in [6, 6.07) is 8.53. The number of ether oxygens (including phenoxy) is 1. The fourth-order valence-electron chi connectivity index (χ4n) is 1.93. The smallest absolute Gasteiger partial charge is 0.118 e. The lowest BCUT2D eigenvalue weighted by atomic mass is 9.95. The van der Waals surface area contributed by atoms with Gasteiger partial charge < -0.3 is 15.8 Å². The average Bonchev–Trinajstić information content (AvgIpc) is 2.39. The first kappa shape index (κ1) is 15.0. The van der Waals surface area contributed by atoms with E-state index in [-0.39, 0.29) is 0 Å². The van der Waals surface area contributed by atoms with E-state index in [1.807, 2.05) is 12.1 Å². The Morgan fingerprint density at radius 1 is 1.17 bits per heavy atom. The second kappa shape index (κ2) is 7.39. The zero-order chi connectivity index (χ0) is 13.5. The van der Waals surface area contributed by atoms with E-state index in [1.165, 1.54) is 5.56 Å². The molecule has 0 amide bonds. The van der Waals surface area contributed by atoms with Gasteiger partial charge in [0.1, 0.15) is 5.75 Å². The van der Waals surface area contributed by atoms with Crippen molar-refractivity contribution in [3.63, 3.8) is 0 Å². The lowest BCUT2D eigenvalue weighted by Gasteiger charge is -2.22. The molecule has 0 fully saturated rings. The van der Waals surface area contributed by atoms with E-state index < -0.39 is 0 Å². The van der Waals surface area contributed by atoms with Gasteiger partial charge in [-0.2, -0.15) is 0 Å². The first-order chi connectivity index (χ1) is 8.58. The molecule has 0 aliphatic carbocycles. The number of rotatable bonds is 7. The molecule has 0 saturated heterocycles. The molecule has 0 spiro atoms. The highest BCUT2D eigenvalue weighted by Crippen LogP contribution is 2.18. The maximum absolute atomic E-state index is 5.78. The molecular weight excluding hydrogens is 224 g/mol. The topological polar surface area (TPSA) is 47.3 Å². The fourth-order valence-corrected chi connectivity index (χ4v) is 1.93. The Balaban J connectivity index is 2.51. The van der Waals surface area contributed by atoms with Crippen molar-refractivity contribution in [1.82, 2.24) is 5.32 Å². The van der Waals surface area contributed by atoms with Crippen molar-refractivity contribution in [3.05, 3.63) is 29.8 Å². The van der Waals surface area contributed by atoms with Gasteiger partial charge in [-0.1, -0.05) is 26.0 Å². The van der Waals surface area contributed by atoms with E-state index in [2.05, 4.69) is 38.2 Å². The Bertz CT molecular complexity index is 335. The van der Waals surface area contributed by atoms with E-state index in [4.69, 9.17) is 10.5 Å². The van der Waals surface area contributed by atoms with Crippen LogP contribution in [-0.2, 0) is 0 Å². The van der Waals surface area contributed by atoms with E-state index in [9.17, 15) is 0 Å². The van der Waals surface area contributed by atoms with Crippen molar-refractivity contribution in [1.29, 1.82) is 0 Å². The van der Waals surface area contributed by atoms with Gasteiger partial charge in [-0.05, 0) is 49.5 Å². The van der Waals surface area contributed by atoms with E-state index in [0.717, 1.165) is 18.8 Å². The normalized spacial score (nSPS) is 14.6. The van der Waals surface area contributed by atoms with Crippen LogP contribution in [0.5, 0.6) is 5.75 Å². The standard InChI is InChI=1S/C15H26N2O/c1-11(2)14(9-16)10-17-12(3)13-5-7-15(18-4)8-6-13/h5-8,11-12,14,17H,9-10,16H2,1-4H3/t12-,14?/m1/s1. The number of hydrogen-bond donors (Lipinski definition) is 2. The van der Waals surface area contributed by atoms with E-state index >= 15 is 0 Å². The summed E-state index contributed by atoms with van der Waals surface area (Å²) in [6.45, 7) is 8.31. The van der Waals surface area contributed by atoms with Gasteiger partial charge in [0.15, 0.2) is 0 Å². The minimum absolute atomic E-state index is 0.337. The number of methoxy groups -OCH3 is 1. The molecule has 1 unspecified atom stereocenters. The Hall–Kier alpha value is -1.06. The highest BCUT2D eigenvalue weighted by molar-refractivity contribution is 5.28. The minimum Gasteiger partial charge on any atom is -0.497 e. The molecule has 0 heterocycles. The number of benzene rings is 1. The van der Waals surface area contributed by atoms with Gasteiger partial charge >= 0.3 is 0 Å². The molecule has 0 aliphatic rings. The second-order valence-corrected chi connectivity index (χ2v) is 5.14. The van der Waals surface area contributed by atoms with Gasteiger partial charge in [0.25, 0.3) is 0 Å². The quantitative estimate of drug-likeness (QED) is 0.782. The van der Waals surface area contributed by atoms with Crippen molar-refractivity contribution in [2.45, 2.75) is 26.8 Å². The molecule has 0 aromatic heterocycles. The Morgan fingerprint density at radius 3 is 2.22 bits per heavy atom. The van der Waals surface area contributed by atoms with Gasteiger partial charge in [0, 0.05) is 6.04 Å². The van der Waals surface area contributed by atoms with Crippen LogP contribution in [0, 0.1) is 11.8 Å². The zero-order valence-corrected chi connectivity index (χ0v) is 11.9. The molecule has 3 nitrogen and oxygen atoms in total. The fraction of sp³-hybridized carbons (Fsp3) is 0.600. The van der Waals surface area contributed by atoms with Crippen LogP contribution in [0.4, 0.5) is 0 Å². The first-order valence-electron chi connectivity index (χ1n) is 6.65. The molecule has 3 N–H and O–H groups in total. The molecule has 0 aliphatic heterocycles. The molecule has 1 aromatic carbocycles. The summed E-state index contributed by atoms with van der Waals surface area (Å²) in [5.41, 5.74) is 7.05. The Labute approximate surface area is 111 Å². The lowest BCUT2D eigenvalue weighted by Crippen LogP contribution is -2.33. The zero-order valence-electron chi connectivity index (χ0n) is 11.9. The van der Waals surface area contributed by atoms with Gasteiger partial charge in [-0.3, -0.25) is 0 Å². The summed E-state index contributed by atoms with van der Waals surface area (Å²) in [5, 5.41) is 3.55. The lowest BCUT2D eigenvalue weighted by molar-refractivity contribution is 0.356. The van der Waals surface area contributed by atoms with Crippen LogP contribution in [0.25, 0.3) is 0 Å². The summed E-state index contributed by atoms with van der Waals surface area (Å²) in [4.78, 5) is 0. The third-order valence-corrected chi connectivity index (χ3v) is 3.55. The van der Waals surface area contributed by atoms with Crippen LogP contribution in [0.2, 0.25) is 0 Å². The van der Waals surface area contributed by atoms with Gasteiger partial charge in [-0.25, -0.2) is 0 Å². The third kappa shape index (κ3) is 4.31. The molecule has 2 atom stereocenters. The molecule has 18 heavy (non-hydrogen) atoms. The monoisotopic (exact) mass is 250 g/mol. The van der Waals surface area contributed by atoms with Gasteiger partial charge in [0.2, 0.25) is 0 Å². The average molecular weight is 250 g/mol. The van der Waals surface area contributed by atoms with Crippen LogP contribution in [0.1, 0.15) is 32.4 Å². The van der Waals surface area contributed by atoms with Crippen molar-refractivity contribution < 1.29 is 4.74 Å². The predicted molar refractivity (Wildman–Crippen MR) is 76.8 cm³/mol. The maximum Gasteiger partial charge on any atom is 0.118 e. The molecular formula is C15H26N2O. The summed E-state index contributed by atoms with van der Waals surface area (Å²) in [5.74, 6) is 2.05. The second-order valence-electron chi connectivity index (χ2n) is 5.14. The van der Waals surface area contributed by atoms with Crippen LogP contribution in [0.15, 0.2) is 24.3 Å². The van der Waals surface area contributed by atoms with Crippen molar-refractivity contribution >= 4 is 0 Å². The number of hydrogen-bond acceptors (Lipinski definition) is 3. The molecule has 0 radical (unpaired) electrons. The summed E-state index contributed by atoms with van der Waals surface area (Å²) >= 11 is 0. The van der Waals surface area contributed by atoms with Crippen LogP contribution >= 0.6 is 0 Å². The Kier molecular flexibility index (Phi) is 6.16. The maximum atomic E-state index is 5.78. The highest BCUT2D eigenvalue weighted by Gasteiger charge is 2.13. The van der Waals surface area contributed by atoms with Gasteiger partial charge in [0.05, 0.1) is 7.11 Å². The molecule has 1 aromatic rings. The van der Waals surface area contributed by atoms with E-state index in [0.29, 0.717) is 17.9 Å². The van der Waals surface area contributed by atoms with Crippen LogP contribution in [0.3, 0.4) is 0 Å². The van der Waals surface area contributed by atoms with Crippen molar-refractivity contribution in [2.24, 2.45) is 17.6 Å². The van der Waals surface area contributed by atoms with E-state index in [1.54, 1.807) is 7.11 Å². The predicted octanol–water partition coefficient (Wildman–Crippen LogP) is 2.58.